The van der Waals surface area contributed by atoms with Crippen molar-refractivity contribution in [1.82, 2.24) is 4.98 Å². The summed E-state index contributed by atoms with van der Waals surface area (Å²) < 4.78 is 11.4. The molecule has 138 valence electrons. The summed E-state index contributed by atoms with van der Waals surface area (Å²) in [5.41, 5.74) is 3.94. The van der Waals surface area contributed by atoms with Crippen LogP contribution < -0.4 is 9.47 Å². The van der Waals surface area contributed by atoms with Gasteiger partial charge in [0.25, 0.3) is 0 Å². The van der Waals surface area contributed by atoms with Crippen LogP contribution in [-0.2, 0) is 4.79 Å². The lowest BCUT2D eigenvalue weighted by Crippen LogP contribution is -2.21. The number of esters is 1. The van der Waals surface area contributed by atoms with Crippen LogP contribution in [0.4, 0.5) is 0 Å². The van der Waals surface area contributed by atoms with Crippen molar-refractivity contribution in [2.75, 3.05) is 0 Å². The summed E-state index contributed by atoms with van der Waals surface area (Å²) >= 11 is 0. The van der Waals surface area contributed by atoms with Crippen molar-refractivity contribution < 1.29 is 19.1 Å². The van der Waals surface area contributed by atoms with Crippen molar-refractivity contribution >= 4 is 22.7 Å². The smallest absolute Gasteiger partial charge is 0.312 e. The molecule has 0 unspecified atom stereocenters. The Hall–Kier alpha value is -3.47. The molecule has 1 atom stereocenters. The number of Topliss-reactive ketones (excluding diaryl/α,β-unsaturated/α-hetero) is 1. The summed E-state index contributed by atoms with van der Waals surface area (Å²) in [6.45, 7) is 3.69. The van der Waals surface area contributed by atoms with E-state index < -0.39 is 0 Å². The van der Waals surface area contributed by atoms with Crippen LogP contribution in [0.15, 0.2) is 60.0 Å². The number of carbonyl (C=O) groups is 2. The Bertz CT molecular complexity index is 1200. The molecule has 2 aromatic carbocycles. The first-order chi connectivity index (χ1) is 13.5. The molecule has 5 nitrogen and oxygen atoms in total. The standard InChI is InChI=1S/C23H17NO4/c1-12(2)22-21(26)15-6-8-18-20(23(15)28-22)16(11-19(25)27-18)13-5-7-17-14(10-13)4-3-9-24-17/h3-10,16H,11H2,1-2H3/t16-/m0/s1. The molecular weight excluding hydrogens is 354 g/mol. The molecule has 0 saturated carbocycles. The molecule has 5 heteroatoms. The number of benzene rings is 2. The van der Waals surface area contributed by atoms with E-state index in [1.54, 1.807) is 18.3 Å². The van der Waals surface area contributed by atoms with E-state index in [1.807, 2.05) is 44.2 Å². The normalized spacial score (nSPS) is 17.8. The topological polar surface area (TPSA) is 65.5 Å². The van der Waals surface area contributed by atoms with Gasteiger partial charge in [-0.3, -0.25) is 14.6 Å². The number of carbonyl (C=O) groups excluding carboxylic acids is 2. The summed E-state index contributed by atoms with van der Waals surface area (Å²) in [5, 5.41) is 0.995. The van der Waals surface area contributed by atoms with Crippen molar-refractivity contribution in [3.05, 3.63) is 76.7 Å². The van der Waals surface area contributed by atoms with Gasteiger partial charge in [0, 0.05) is 23.1 Å². The first-order valence-electron chi connectivity index (χ1n) is 9.15. The molecule has 3 aromatic rings. The van der Waals surface area contributed by atoms with Gasteiger partial charge in [-0.15, -0.1) is 0 Å². The number of allylic oxidation sites excluding steroid dienone is 2. The summed E-state index contributed by atoms with van der Waals surface area (Å²) in [6, 6.07) is 13.2. The maximum absolute atomic E-state index is 12.7. The zero-order valence-electron chi connectivity index (χ0n) is 15.5. The lowest BCUT2D eigenvalue weighted by Gasteiger charge is -2.26. The summed E-state index contributed by atoms with van der Waals surface area (Å²) in [5.74, 6) is 0.630. The SMILES string of the molecule is CC(C)=C1Oc2c(ccc3c2[C@H](c2ccc4ncccc4c2)CC(=O)O3)C1=O. The van der Waals surface area contributed by atoms with Gasteiger partial charge in [0.15, 0.2) is 5.76 Å². The van der Waals surface area contributed by atoms with E-state index in [-0.39, 0.29) is 24.1 Å². The maximum atomic E-state index is 12.7. The average Bonchev–Trinajstić information content (AvgIpc) is 3.04. The highest BCUT2D eigenvalue weighted by Gasteiger charge is 2.38. The van der Waals surface area contributed by atoms with E-state index >= 15 is 0 Å². The highest BCUT2D eigenvalue weighted by atomic mass is 16.5. The van der Waals surface area contributed by atoms with Crippen molar-refractivity contribution in [1.29, 1.82) is 0 Å². The summed E-state index contributed by atoms with van der Waals surface area (Å²) in [7, 11) is 0. The zero-order valence-corrected chi connectivity index (χ0v) is 15.5. The van der Waals surface area contributed by atoms with Crippen LogP contribution in [0.3, 0.4) is 0 Å². The molecule has 3 heterocycles. The zero-order chi connectivity index (χ0) is 19.4. The fourth-order valence-corrected chi connectivity index (χ4v) is 3.92. The van der Waals surface area contributed by atoms with Crippen molar-refractivity contribution in [2.45, 2.75) is 26.2 Å². The second-order valence-corrected chi connectivity index (χ2v) is 7.30. The maximum Gasteiger partial charge on any atom is 0.312 e. The number of fused-ring (bicyclic) bond motifs is 4. The van der Waals surface area contributed by atoms with Crippen LogP contribution in [0.5, 0.6) is 11.5 Å². The number of hydrogen-bond acceptors (Lipinski definition) is 5. The first kappa shape index (κ1) is 16.7. The highest BCUT2D eigenvalue weighted by molar-refractivity contribution is 6.13. The van der Waals surface area contributed by atoms with Gasteiger partial charge in [-0.2, -0.15) is 0 Å². The predicted octanol–water partition coefficient (Wildman–Crippen LogP) is 4.54. The van der Waals surface area contributed by atoms with Gasteiger partial charge < -0.3 is 9.47 Å². The van der Waals surface area contributed by atoms with E-state index in [1.165, 1.54) is 0 Å². The van der Waals surface area contributed by atoms with E-state index in [9.17, 15) is 9.59 Å². The molecule has 2 aliphatic rings. The second-order valence-electron chi connectivity index (χ2n) is 7.30. The van der Waals surface area contributed by atoms with Gasteiger partial charge in [-0.05, 0) is 55.3 Å². The van der Waals surface area contributed by atoms with Gasteiger partial charge in [0.1, 0.15) is 11.5 Å². The molecule has 0 N–H and O–H groups in total. The number of aromatic nitrogens is 1. The van der Waals surface area contributed by atoms with Crippen LogP contribution in [0.2, 0.25) is 0 Å². The second kappa shape index (κ2) is 6.02. The summed E-state index contributed by atoms with van der Waals surface area (Å²) in [6.07, 6.45) is 1.94. The third-order valence-electron chi connectivity index (χ3n) is 5.24. The van der Waals surface area contributed by atoms with Crippen molar-refractivity contribution in [3.8, 4) is 11.5 Å². The molecule has 0 bridgehead atoms. The molecule has 0 saturated heterocycles. The first-order valence-corrected chi connectivity index (χ1v) is 9.15. The molecular formula is C23H17NO4. The molecule has 0 aliphatic carbocycles. The minimum Gasteiger partial charge on any atom is -0.452 e. The van der Waals surface area contributed by atoms with Gasteiger partial charge in [-0.25, -0.2) is 0 Å². The molecule has 0 radical (unpaired) electrons. The summed E-state index contributed by atoms with van der Waals surface area (Å²) in [4.78, 5) is 29.3. The molecule has 5 rings (SSSR count). The van der Waals surface area contributed by atoms with E-state index in [0.717, 1.165) is 27.6 Å². The lowest BCUT2D eigenvalue weighted by atomic mass is 9.84. The highest BCUT2D eigenvalue weighted by Crippen LogP contribution is 2.49. The Morgan fingerprint density at radius 2 is 1.93 bits per heavy atom. The number of rotatable bonds is 1. The largest absolute Gasteiger partial charge is 0.452 e. The lowest BCUT2D eigenvalue weighted by molar-refractivity contribution is -0.135. The van der Waals surface area contributed by atoms with Crippen molar-refractivity contribution in [3.63, 3.8) is 0 Å². The van der Waals surface area contributed by atoms with Crippen LogP contribution in [0.25, 0.3) is 10.9 Å². The fourth-order valence-electron chi connectivity index (χ4n) is 3.92. The number of ether oxygens (including phenoxy) is 2. The number of ketones is 1. The van der Waals surface area contributed by atoms with Crippen LogP contribution in [0.1, 0.15) is 47.7 Å². The van der Waals surface area contributed by atoms with Gasteiger partial charge in [-0.1, -0.05) is 12.1 Å². The number of nitrogens with zero attached hydrogens (tertiary/aromatic N) is 1. The van der Waals surface area contributed by atoms with Gasteiger partial charge >= 0.3 is 5.97 Å². The number of pyridine rings is 1. The van der Waals surface area contributed by atoms with E-state index in [0.29, 0.717) is 22.8 Å². The van der Waals surface area contributed by atoms with E-state index in [4.69, 9.17) is 9.47 Å². The predicted molar refractivity (Wildman–Crippen MR) is 104 cm³/mol. The molecule has 1 aromatic heterocycles. The van der Waals surface area contributed by atoms with Crippen LogP contribution >= 0.6 is 0 Å². The Kier molecular flexibility index (Phi) is 3.59. The number of hydrogen-bond donors (Lipinski definition) is 0. The van der Waals surface area contributed by atoms with E-state index in [2.05, 4.69) is 4.98 Å². The van der Waals surface area contributed by atoms with Gasteiger partial charge in [0.05, 0.1) is 17.5 Å². The fraction of sp³-hybridized carbons (Fsp3) is 0.174. The van der Waals surface area contributed by atoms with Crippen LogP contribution in [0, 0.1) is 0 Å². The Labute approximate surface area is 161 Å². The minimum absolute atomic E-state index is 0.129. The van der Waals surface area contributed by atoms with Crippen LogP contribution in [-0.4, -0.2) is 16.7 Å². The molecule has 0 fully saturated rings. The minimum atomic E-state index is -0.296. The Morgan fingerprint density at radius 1 is 1.07 bits per heavy atom. The molecule has 0 amide bonds. The Balaban J connectivity index is 1.72. The quantitative estimate of drug-likeness (QED) is 0.357. The monoisotopic (exact) mass is 371 g/mol. The van der Waals surface area contributed by atoms with Crippen molar-refractivity contribution in [2.24, 2.45) is 0 Å². The molecule has 28 heavy (non-hydrogen) atoms. The Morgan fingerprint density at radius 3 is 2.75 bits per heavy atom. The third kappa shape index (κ3) is 2.43. The average molecular weight is 371 g/mol. The molecule has 0 spiro atoms. The van der Waals surface area contributed by atoms with Gasteiger partial charge in [0.2, 0.25) is 5.78 Å². The molecule has 2 aliphatic heterocycles. The third-order valence-corrected chi connectivity index (χ3v) is 5.24.